The Morgan fingerprint density at radius 1 is 1.29 bits per heavy atom. The molecule has 0 heterocycles. The maximum absolute atomic E-state index is 14.0. The molecule has 21 heavy (non-hydrogen) atoms. The van der Waals surface area contributed by atoms with Crippen molar-refractivity contribution >= 4 is 0 Å². The monoisotopic (exact) mass is 291 g/mol. The van der Waals surface area contributed by atoms with Crippen molar-refractivity contribution in [2.75, 3.05) is 6.54 Å². The summed E-state index contributed by atoms with van der Waals surface area (Å²) in [5.74, 6) is 1.27. The lowest BCUT2D eigenvalue weighted by Crippen LogP contribution is -2.48. The van der Waals surface area contributed by atoms with Crippen LogP contribution in [0.15, 0.2) is 18.2 Å². The minimum atomic E-state index is -0.0789. The van der Waals surface area contributed by atoms with E-state index in [1.807, 2.05) is 13.0 Å². The normalized spacial score (nSPS) is 26.9. The van der Waals surface area contributed by atoms with Gasteiger partial charge in [0, 0.05) is 6.04 Å². The van der Waals surface area contributed by atoms with Crippen LogP contribution >= 0.6 is 0 Å². The van der Waals surface area contributed by atoms with E-state index in [0.29, 0.717) is 12.0 Å². The van der Waals surface area contributed by atoms with Gasteiger partial charge in [0.25, 0.3) is 0 Å². The molecule has 118 valence electrons. The van der Waals surface area contributed by atoms with Gasteiger partial charge in [-0.25, -0.2) is 4.39 Å². The molecule has 0 bridgehead atoms. The zero-order valence-electron chi connectivity index (χ0n) is 14.2. The molecule has 1 aromatic rings. The van der Waals surface area contributed by atoms with Crippen molar-refractivity contribution in [1.82, 2.24) is 5.32 Å². The van der Waals surface area contributed by atoms with Crippen molar-refractivity contribution in [3.05, 3.63) is 35.1 Å². The van der Waals surface area contributed by atoms with E-state index in [1.165, 1.54) is 19.3 Å². The summed E-state index contributed by atoms with van der Waals surface area (Å²) in [5, 5.41) is 3.67. The minimum Gasteiger partial charge on any atom is -0.314 e. The number of benzene rings is 1. The highest BCUT2D eigenvalue weighted by Gasteiger charge is 2.39. The number of nitrogens with one attached hydrogen (secondary N) is 1. The van der Waals surface area contributed by atoms with E-state index in [4.69, 9.17) is 0 Å². The highest BCUT2D eigenvalue weighted by atomic mass is 19.1. The summed E-state index contributed by atoms with van der Waals surface area (Å²) < 4.78 is 14.0. The van der Waals surface area contributed by atoms with Crippen LogP contribution in [0.5, 0.6) is 0 Å². The summed E-state index contributed by atoms with van der Waals surface area (Å²) in [7, 11) is 0. The summed E-state index contributed by atoms with van der Waals surface area (Å²) in [6.45, 7) is 11.9. The number of rotatable bonds is 4. The first-order valence-electron chi connectivity index (χ1n) is 8.36. The molecule has 0 spiro atoms. The van der Waals surface area contributed by atoms with Gasteiger partial charge in [-0.1, -0.05) is 46.2 Å². The van der Waals surface area contributed by atoms with E-state index in [0.717, 1.165) is 23.6 Å². The van der Waals surface area contributed by atoms with Gasteiger partial charge in [-0.15, -0.1) is 0 Å². The molecule has 1 nitrogen and oxygen atoms in total. The number of halogens is 1. The third-order valence-electron chi connectivity index (χ3n) is 5.42. The molecule has 1 N–H and O–H groups in total. The van der Waals surface area contributed by atoms with Gasteiger partial charge in [-0.2, -0.15) is 0 Å². The van der Waals surface area contributed by atoms with Gasteiger partial charge in [0.05, 0.1) is 0 Å². The fourth-order valence-electron chi connectivity index (χ4n) is 3.94. The molecule has 0 amide bonds. The molecule has 3 unspecified atom stereocenters. The molecule has 1 fully saturated rings. The Morgan fingerprint density at radius 2 is 2.00 bits per heavy atom. The van der Waals surface area contributed by atoms with Crippen LogP contribution in [-0.2, 0) is 5.41 Å². The Bertz CT molecular complexity index is 480. The highest BCUT2D eigenvalue weighted by molar-refractivity contribution is 5.30. The quantitative estimate of drug-likeness (QED) is 0.838. The van der Waals surface area contributed by atoms with E-state index in [9.17, 15) is 4.39 Å². The second-order valence-electron chi connectivity index (χ2n) is 7.37. The fraction of sp³-hybridized carbons (Fsp3) is 0.684. The molecule has 0 radical (unpaired) electrons. The van der Waals surface area contributed by atoms with Gasteiger partial charge >= 0.3 is 0 Å². The zero-order valence-corrected chi connectivity index (χ0v) is 14.2. The molecule has 0 aromatic heterocycles. The SMILES string of the molecule is CCNC1CC(C)CCC1C(C)(C)c1ccc(C)c(F)c1. The second-order valence-corrected chi connectivity index (χ2v) is 7.37. The summed E-state index contributed by atoms with van der Waals surface area (Å²) in [5.41, 5.74) is 1.87. The van der Waals surface area contributed by atoms with Crippen LogP contribution < -0.4 is 5.32 Å². The van der Waals surface area contributed by atoms with Crippen molar-refractivity contribution in [1.29, 1.82) is 0 Å². The first-order valence-corrected chi connectivity index (χ1v) is 8.36. The summed E-state index contributed by atoms with van der Waals surface area (Å²) >= 11 is 0. The summed E-state index contributed by atoms with van der Waals surface area (Å²) in [4.78, 5) is 0. The van der Waals surface area contributed by atoms with Gasteiger partial charge in [-0.3, -0.25) is 0 Å². The van der Waals surface area contributed by atoms with E-state index in [2.05, 4.69) is 39.1 Å². The van der Waals surface area contributed by atoms with Crippen LogP contribution in [0, 0.1) is 24.6 Å². The zero-order chi connectivity index (χ0) is 15.6. The molecule has 3 atom stereocenters. The third kappa shape index (κ3) is 3.48. The largest absolute Gasteiger partial charge is 0.314 e. The molecule has 2 rings (SSSR count). The molecule has 1 aliphatic carbocycles. The van der Waals surface area contributed by atoms with Crippen molar-refractivity contribution in [2.24, 2.45) is 11.8 Å². The number of hydrogen-bond acceptors (Lipinski definition) is 1. The maximum Gasteiger partial charge on any atom is 0.126 e. The van der Waals surface area contributed by atoms with Gasteiger partial charge in [0.2, 0.25) is 0 Å². The van der Waals surface area contributed by atoms with Crippen molar-refractivity contribution in [3.63, 3.8) is 0 Å². The van der Waals surface area contributed by atoms with Gasteiger partial charge in [0.15, 0.2) is 0 Å². The fourth-order valence-corrected chi connectivity index (χ4v) is 3.94. The molecule has 1 aliphatic rings. The lowest BCUT2D eigenvalue weighted by atomic mass is 9.63. The molecule has 0 saturated heterocycles. The smallest absolute Gasteiger partial charge is 0.126 e. The van der Waals surface area contributed by atoms with Gasteiger partial charge in [-0.05, 0) is 60.8 Å². The second kappa shape index (κ2) is 6.48. The van der Waals surface area contributed by atoms with Crippen LogP contribution in [0.25, 0.3) is 0 Å². The standard InChI is InChI=1S/C19H30FN/c1-6-21-18-11-13(2)7-10-16(18)19(4,5)15-9-8-14(3)17(20)12-15/h8-9,12-13,16,18,21H,6-7,10-11H2,1-5H3. The predicted octanol–water partition coefficient (Wildman–Crippen LogP) is 4.83. The van der Waals surface area contributed by atoms with Gasteiger partial charge in [0.1, 0.15) is 5.82 Å². The molecule has 2 heteroatoms. The Balaban J connectivity index is 2.29. The third-order valence-corrected chi connectivity index (χ3v) is 5.42. The van der Waals surface area contributed by atoms with E-state index < -0.39 is 0 Å². The Labute approximate surface area is 129 Å². The minimum absolute atomic E-state index is 0.00150. The molecule has 0 aliphatic heterocycles. The predicted molar refractivity (Wildman–Crippen MR) is 88.1 cm³/mol. The highest BCUT2D eigenvalue weighted by Crippen LogP contribution is 2.42. The Morgan fingerprint density at radius 3 is 2.62 bits per heavy atom. The lowest BCUT2D eigenvalue weighted by molar-refractivity contribution is 0.147. The molecular formula is C19H30FN. The number of hydrogen-bond donors (Lipinski definition) is 1. The van der Waals surface area contributed by atoms with Crippen LogP contribution in [-0.4, -0.2) is 12.6 Å². The van der Waals surface area contributed by atoms with Crippen LogP contribution in [0.3, 0.4) is 0 Å². The first kappa shape index (κ1) is 16.5. The van der Waals surface area contributed by atoms with Crippen molar-refractivity contribution in [3.8, 4) is 0 Å². The molecule has 1 aromatic carbocycles. The topological polar surface area (TPSA) is 12.0 Å². The van der Waals surface area contributed by atoms with Gasteiger partial charge < -0.3 is 5.32 Å². The van der Waals surface area contributed by atoms with E-state index in [1.54, 1.807) is 6.07 Å². The molecular weight excluding hydrogens is 261 g/mol. The van der Waals surface area contributed by atoms with Crippen LogP contribution in [0.4, 0.5) is 4.39 Å². The van der Waals surface area contributed by atoms with Crippen molar-refractivity contribution < 1.29 is 4.39 Å². The van der Waals surface area contributed by atoms with E-state index in [-0.39, 0.29) is 11.2 Å². The summed E-state index contributed by atoms with van der Waals surface area (Å²) in [6, 6.07) is 6.31. The van der Waals surface area contributed by atoms with E-state index >= 15 is 0 Å². The average Bonchev–Trinajstić information content (AvgIpc) is 2.42. The van der Waals surface area contributed by atoms with Crippen LogP contribution in [0.1, 0.15) is 58.1 Å². The Hall–Kier alpha value is -0.890. The Kier molecular flexibility index (Phi) is 5.08. The van der Waals surface area contributed by atoms with Crippen molar-refractivity contribution in [2.45, 2.75) is 65.3 Å². The summed E-state index contributed by atoms with van der Waals surface area (Å²) in [6.07, 6.45) is 3.74. The number of aryl methyl sites for hydroxylation is 1. The maximum atomic E-state index is 14.0. The average molecular weight is 291 g/mol. The van der Waals surface area contributed by atoms with Crippen LogP contribution in [0.2, 0.25) is 0 Å². The first-order chi connectivity index (χ1) is 9.86. The molecule has 1 saturated carbocycles. The lowest BCUT2D eigenvalue weighted by Gasteiger charge is -2.45.